The van der Waals surface area contributed by atoms with Gasteiger partial charge in [-0.3, -0.25) is 0 Å². The van der Waals surface area contributed by atoms with Crippen LogP contribution in [0.3, 0.4) is 0 Å². The number of hydrogen-bond acceptors (Lipinski definition) is 2. The van der Waals surface area contributed by atoms with Crippen molar-refractivity contribution in [2.45, 2.75) is 25.7 Å². The van der Waals surface area contributed by atoms with Crippen molar-refractivity contribution in [3.8, 4) is 0 Å². The zero-order valence-corrected chi connectivity index (χ0v) is 11.7. The number of likely N-dealkylation sites (N-methyl/N-ethyl adjacent to an activating group) is 1. The molecular formula is C16H21NS. The minimum absolute atomic E-state index is 0.619. The molecule has 96 valence electrons. The molecule has 1 aromatic heterocycles. The second-order valence-electron chi connectivity index (χ2n) is 4.53. The van der Waals surface area contributed by atoms with Crippen molar-refractivity contribution in [1.82, 2.24) is 5.32 Å². The molecule has 1 nitrogen and oxygen atoms in total. The zero-order chi connectivity index (χ0) is 12.6. The van der Waals surface area contributed by atoms with Gasteiger partial charge in [-0.15, -0.1) is 11.3 Å². The molecule has 0 radical (unpaired) electrons. The van der Waals surface area contributed by atoms with E-state index in [0.29, 0.717) is 5.92 Å². The molecule has 2 heteroatoms. The van der Waals surface area contributed by atoms with Crippen molar-refractivity contribution in [3.63, 3.8) is 0 Å². The summed E-state index contributed by atoms with van der Waals surface area (Å²) in [6.07, 6.45) is 2.40. The van der Waals surface area contributed by atoms with E-state index in [-0.39, 0.29) is 0 Å². The van der Waals surface area contributed by atoms with Crippen LogP contribution in [0.4, 0.5) is 0 Å². The van der Waals surface area contributed by atoms with E-state index in [1.807, 2.05) is 11.3 Å². The highest BCUT2D eigenvalue weighted by molar-refractivity contribution is 7.09. The fourth-order valence-corrected chi connectivity index (χ4v) is 2.93. The second-order valence-corrected chi connectivity index (χ2v) is 5.57. The Balaban J connectivity index is 1.96. The van der Waals surface area contributed by atoms with Gasteiger partial charge in [0.1, 0.15) is 0 Å². The number of hydrogen-bond donors (Lipinski definition) is 1. The van der Waals surface area contributed by atoms with Crippen molar-refractivity contribution in [1.29, 1.82) is 0 Å². The quantitative estimate of drug-likeness (QED) is 0.790. The Hall–Kier alpha value is -1.12. The molecule has 0 saturated heterocycles. The average molecular weight is 259 g/mol. The van der Waals surface area contributed by atoms with Crippen molar-refractivity contribution < 1.29 is 0 Å². The van der Waals surface area contributed by atoms with E-state index in [1.165, 1.54) is 23.3 Å². The molecule has 0 saturated carbocycles. The highest BCUT2D eigenvalue weighted by Crippen LogP contribution is 2.22. The van der Waals surface area contributed by atoms with Gasteiger partial charge in [0.2, 0.25) is 0 Å². The van der Waals surface area contributed by atoms with Crippen LogP contribution in [0.5, 0.6) is 0 Å². The molecule has 2 aromatic rings. The lowest BCUT2D eigenvalue weighted by atomic mass is 9.94. The monoisotopic (exact) mass is 259 g/mol. The molecule has 0 aliphatic heterocycles. The standard InChI is InChI=1S/C16H21NS/c1-2-17-13-15(14-7-4-3-5-8-14)10-11-16-9-6-12-18-16/h3-9,12,15,17H,2,10-11,13H2,1H3. The maximum Gasteiger partial charge on any atom is 0.00454 e. The van der Waals surface area contributed by atoms with Crippen molar-refractivity contribution in [2.24, 2.45) is 0 Å². The summed E-state index contributed by atoms with van der Waals surface area (Å²) in [4.78, 5) is 1.49. The minimum Gasteiger partial charge on any atom is -0.316 e. The normalized spacial score (nSPS) is 12.5. The van der Waals surface area contributed by atoms with Gasteiger partial charge in [-0.25, -0.2) is 0 Å². The molecule has 0 spiro atoms. The molecular weight excluding hydrogens is 238 g/mol. The Morgan fingerprint density at radius 3 is 2.61 bits per heavy atom. The summed E-state index contributed by atoms with van der Waals surface area (Å²) in [6, 6.07) is 15.2. The fraction of sp³-hybridized carbons (Fsp3) is 0.375. The minimum atomic E-state index is 0.619. The number of benzene rings is 1. The Kier molecular flexibility index (Phi) is 5.43. The van der Waals surface area contributed by atoms with Gasteiger partial charge in [0.15, 0.2) is 0 Å². The SMILES string of the molecule is CCNCC(CCc1cccs1)c1ccccc1. The van der Waals surface area contributed by atoms with Gasteiger partial charge in [-0.05, 0) is 42.3 Å². The second kappa shape index (κ2) is 7.34. The van der Waals surface area contributed by atoms with E-state index in [1.54, 1.807) is 0 Å². The van der Waals surface area contributed by atoms with Gasteiger partial charge in [0.25, 0.3) is 0 Å². The Morgan fingerprint density at radius 1 is 1.11 bits per heavy atom. The zero-order valence-electron chi connectivity index (χ0n) is 10.9. The number of rotatable bonds is 7. The van der Waals surface area contributed by atoms with Crippen LogP contribution in [0, 0.1) is 0 Å². The number of thiophene rings is 1. The summed E-state index contributed by atoms with van der Waals surface area (Å²) in [5.41, 5.74) is 1.45. The Labute approximate surface area is 114 Å². The molecule has 18 heavy (non-hydrogen) atoms. The molecule has 0 fully saturated rings. The van der Waals surface area contributed by atoms with E-state index in [2.05, 4.69) is 60.1 Å². The third kappa shape index (κ3) is 3.97. The summed E-state index contributed by atoms with van der Waals surface area (Å²) in [6.45, 7) is 4.29. The molecule has 0 aliphatic rings. The van der Waals surface area contributed by atoms with E-state index in [4.69, 9.17) is 0 Å². The summed E-state index contributed by atoms with van der Waals surface area (Å²) < 4.78 is 0. The van der Waals surface area contributed by atoms with Gasteiger partial charge < -0.3 is 5.32 Å². The van der Waals surface area contributed by atoms with E-state index >= 15 is 0 Å². The smallest absolute Gasteiger partial charge is 0.00454 e. The Morgan fingerprint density at radius 2 is 1.94 bits per heavy atom. The maximum atomic E-state index is 3.48. The van der Waals surface area contributed by atoms with Crippen molar-refractivity contribution in [2.75, 3.05) is 13.1 Å². The molecule has 0 aliphatic carbocycles. The largest absolute Gasteiger partial charge is 0.316 e. The van der Waals surface area contributed by atoms with Crippen LogP contribution in [0.15, 0.2) is 47.8 Å². The van der Waals surface area contributed by atoms with Crippen LogP contribution >= 0.6 is 11.3 Å². The summed E-state index contributed by atoms with van der Waals surface area (Å²) in [5, 5.41) is 5.64. The van der Waals surface area contributed by atoms with Crippen LogP contribution < -0.4 is 5.32 Å². The van der Waals surface area contributed by atoms with E-state index < -0.39 is 0 Å². The summed E-state index contributed by atoms with van der Waals surface area (Å²) in [5.74, 6) is 0.619. The van der Waals surface area contributed by atoms with Gasteiger partial charge >= 0.3 is 0 Å². The van der Waals surface area contributed by atoms with E-state index in [9.17, 15) is 0 Å². The maximum absolute atomic E-state index is 3.48. The van der Waals surface area contributed by atoms with Crippen LogP contribution in [0.1, 0.15) is 29.7 Å². The third-order valence-electron chi connectivity index (χ3n) is 3.23. The van der Waals surface area contributed by atoms with Crippen LogP contribution in [0.2, 0.25) is 0 Å². The molecule has 1 heterocycles. The van der Waals surface area contributed by atoms with Gasteiger partial charge in [-0.2, -0.15) is 0 Å². The number of nitrogens with one attached hydrogen (secondary N) is 1. The van der Waals surface area contributed by atoms with Gasteiger partial charge in [-0.1, -0.05) is 43.3 Å². The van der Waals surface area contributed by atoms with Crippen LogP contribution in [-0.4, -0.2) is 13.1 Å². The van der Waals surface area contributed by atoms with Crippen molar-refractivity contribution >= 4 is 11.3 Å². The number of aryl methyl sites for hydroxylation is 1. The lowest BCUT2D eigenvalue weighted by Crippen LogP contribution is -2.21. The average Bonchev–Trinajstić information content (AvgIpc) is 2.93. The molecule has 0 amide bonds. The van der Waals surface area contributed by atoms with Crippen LogP contribution in [0.25, 0.3) is 0 Å². The van der Waals surface area contributed by atoms with Crippen molar-refractivity contribution in [3.05, 3.63) is 58.3 Å². The van der Waals surface area contributed by atoms with Gasteiger partial charge in [0, 0.05) is 11.4 Å². The first-order chi connectivity index (χ1) is 8.90. The molecule has 1 N–H and O–H groups in total. The first-order valence-electron chi connectivity index (χ1n) is 6.68. The lowest BCUT2D eigenvalue weighted by Gasteiger charge is -2.17. The summed E-state index contributed by atoms with van der Waals surface area (Å²) in [7, 11) is 0. The highest BCUT2D eigenvalue weighted by atomic mass is 32.1. The van der Waals surface area contributed by atoms with Crippen LogP contribution in [-0.2, 0) is 6.42 Å². The molecule has 1 unspecified atom stereocenters. The first-order valence-corrected chi connectivity index (χ1v) is 7.56. The lowest BCUT2D eigenvalue weighted by molar-refractivity contribution is 0.563. The highest BCUT2D eigenvalue weighted by Gasteiger charge is 2.11. The van der Waals surface area contributed by atoms with Gasteiger partial charge in [0.05, 0.1) is 0 Å². The first kappa shape index (κ1) is 13.3. The molecule has 1 atom stereocenters. The summed E-state index contributed by atoms with van der Waals surface area (Å²) >= 11 is 1.86. The Bertz CT molecular complexity index is 422. The molecule has 0 bridgehead atoms. The third-order valence-corrected chi connectivity index (χ3v) is 4.17. The fourth-order valence-electron chi connectivity index (χ4n) is 2.20. The molecule has 2 rings (SSSR count). The molecule has 1 aromatic carbocycles. The van der Waals surface area contributed by atoms with E-state index in [0.717, 1.165) is 13.1 Å². The topological polar surface area (TPSA) is 12.0 Å². The predicted molar refractivity (Wildman–Crippen MR) is 80.4 cm³/mol. The predicted octanol–water partition coefficient (Wildman–Crippen LogP) is 4.07.